The SMILES string of the molecule is CC(C)(O)C1=C(CN2CCOCC2)N2N=CN=C(N)C2C1c1ccc(NC(=O)Nc2cc(C(F)(F)F)ccn2)cc1. The lowest BCUT2D eigenvalue weighted by molar-refractivity contribution is -0.137. The minimum absolute atomic E-state index is 0.236. The molecule has 5 rings (SSSR count). The number of hydrogen-bond acceptors (Lipinski definition) is 9. The highest BCUT2D eigenvalue weighted by Crippen LogP contribution is 2.47. The van der Waals surface area contributed by atoms with Crippen LogP contribution in [0.15, 0.2) is 64.0 Å². The number of morpholine rings is 1. The third-order valence-electron chi connectivity index (χ3n) is 7.16. The summed E-state index contributed by atoms with van der Waals surface area (Å²) < 4.78 is 44.4. The number of amides is 2. The van der Waals surface area contributed by atoms with E-state index in [2.05, 4.69) is 30.6 Å². The van der Waals surface area contributed by atoms with Gasteiger partial charge in [-0.15, -0.1) is 0 Å². The molecule has 5 N–H and O–H groups in total. The van der Waals surface area contributed by atoms with Crippen LogP contribution in [0.4, 0.5) is 29.5 Å². The Morgan fingerprint density at radius 2 is 1.85 bits per heavy atom. The highest BCUT2D eigenvalue weighted by atomic mass is 19.4. The topological polar surface area (TPSA) is 141 Å². The number of fused-ring (bicyclic) bond motifs is 1. The summed E-state index contributed by atoms with van der Waals surface area (Å²) in [6, 6.07) is 7.31. The van der Waals surface area contributed by atoms with Gasteiger partial charge in [-0.2, -0.15) is 18.3 Å². The summed E-state index contributed by atoms with van der Waals surface area (Å²) in [6.07, 6.45) is -2.18. The number of amidine groups is 1. The third-order valence-corrected chi connectivity index (χ3v) is 7.16. The van der Waals surface area contributed by atoms with Gasteiger partial charge in [-0.25, -0.2) is 14.8 Å². The number of aliphatic hydroxyl groups is 1. The van der Waals surface area contributed by atoms with Crippen LogP contribution in [-0.4, -0.2) is 82.7 Å². The molecule has 41 heavy (non-hydrogen) atoms. The Balaban J connectivity index is 1.39. The third kappa shape index (κ3) is 6.19. The fraction of sp³-hybridized carbons (Fsp3) is 0.407. The maximum atomic E-state index is 13.0. The zero-order chi connectivity index (χ0) is 29.4. The highest BCUT2D eigenvalue weighted by Gasteiger charge is 2.49. The van der Waals surface area contributed by atoms with Gasteiger partial charge in [0.1, 0.15) is 24.0 Å². The fourth-order valence-corrected chi connectivity index (χ4v) is 5.37. The molecule has 0 radical (unpaired) electrons. The Kier molecular flexibility index (Phi) is 7.72. The predicted octanol–water partition coefficient (Wildman–Crippen LogP) is 3.18. The number of halogens is 3. The molecule has 4 heterocycles. The van der Waals surface area contributed by atoms with E-state index in [0.717, 1.165) is 48.3 Å². The molecule has 1 fully saturated rings. The zero-order valence-corrected chi connectivity index (χ0v) is 22.5. The number of pyridine rings is 1. The summed E-state index contributed by atoms with van der Waals surface area (Å²) in [5.41, 5.74) is 7.08. The molecule has 14 heteroatoms. The molecule has 1 saturated heterocycles. The maximum absolute atomic E-state index is 13.0. The molecule has 0 bridgehead atoms. The number of anilines is 2. The van der Waals surface area contributed by atoms with E-state index in [9.17, 15) is 23.1 Å². The minimum Gasteiger partial charge on any atom is -0.386 e. The summed E-state index contributed by atoms with van der Waals surface area (Å²) >= 11 is 0. The van der Waals surface area contributed by atoms with E-state index >= 15 is 0 Å². The lowest BCUT2D eigenvalue weighted by Gasteiger charge is -2.32. The number of aromatic nitrogens is 1. The van der Waals surface area contributed by atoms with Crippen LogP contribution in [0.2, 0.25) is 0 Å². The summed E-state index contributed by atoms with van der Waals surface area (Å²) in [7, 11) is 0. The van der Waals surface area contributed by atoms with Crippen molar-refractivity contribution < 1.29 is 27.8 Å². The molecule has 2 unspecified atom stereocenters. The van der Waals surface area contributed by atoms with E-state index in [1.165, 1.54) is 6.34 Å². The molecule has 1 aromatic heterocycles. The minimum atomic E-state index is -4.56. The van der Waals surface area contributed by atoms with Crippen molar-refractivity contribution in [3.8, 4) is 0 Å². The summed E-state index contributed by atoms with van der Waals surface area (Å²) in [5.74, 6) is -0.260. The summed E-state index contributed by atoms with van der Waals surface area (Å²) in [6.45, 7) is 6.74. The average Bonchev–Trinajstić information content (AvgIpc) is 3.25. The second-order valence-electron chi connectivity index (χ2n) is 10.5. The molecule has 3 aliphatic heterocycles. The van der Waals surface area contributed by atoms with Gasteiger partial charge in [0.15, 0.2) is 0 Å². The molecule has 0 saturated carbocycles. The van der Waals surface area contributed by atoms with Crippen LogP contribution in [0.1, 0.15) is 30.9 Å². The van der Waals surface area contributed by atoms with Crippen LogP contribution in [-0.2, 0) is 10.9 Å². The number of hydrazone groups is 1. The van der Waals surface area contributed by atoms with E-state index in [-0.39, 0.29) is 11.7 Å². The number of nitrogens with one attached hydrogen (secondary N) is 2. The molecule has 0 aliphatic carbocycles. The molecule has 218 valence electrons. The summed E-state index contributed by atoms with van der Waals surface area (Å²) in [5, 5.41) is 22.6. The predicted molar refractivity (Wildman–Crippen MR) is 147 cm³/mol. The van der Waals surface area contributed by atoms with E-state index < -0.39 is 29.4 Å². The second kappa shape index (κ2) is 11.1. The first-order valence-corrected chi connectivity index (χ1v) is 13.0. The number of ether oxygens (including phenoxy) is 1. The molecular weight excluding hydrogens is 541 g/mol. The van der Waals surface area contributed by atoms with Crippen molar-refractivity contribution >= 4 is 29.7 Å². The average molecular weight is 573 g/mol. The van der Waals surface area contributed by atoms with Gasteiger partial charge < -0.3 is 20.9 Å². The number of urea groups is 1. The van der Waals surface area contributed by atoms with Gasteiger partial charge in [0.05, 0.1) is 30.1 Å². The number of benzene rings is 1. The van der Waals surface area contributed by atoms with Crippen LogP contribution >= 0.6 is 0 Å². The molecule has 3 aliphatic rings. The summed E-state index contributed by atoms with van der Waals surface area (Å²) in [4.78, 5) is 22.7. The number of carbonyl (C=O) groups is 1. The van der Waals surface area contributed by atoms with Crippen LogP contribution in [0, 0.1) is 0 Å². The Morgan fingerprint density at radius 1 is 1.15 bits per heavy atom. The van der Waals surface area contributed by atoms with Crippen LogP contribution in [0.25, 0.3) is 0 Å². The van der Waals surface area contributed by atoms with Crippen molar-refractivity contribution in [3.63, 3.8) is 0 Å². The largest absolute Gasteiger partial charge is 0.416 e. The molecule has 2 atom stereocenters. The number of hydrogen-bond donors (Lipinski definition) is 4. The van der Waals surface area contributed by atoms with E-state index in [0.29, 0.717) is 31.3 Å². The standard InChI is InChI=1S/C27H31F3N8O3/c1-26(2,40)22-19(14-37-9-11-41-12-10-37)38-23(24(31)33-15-34-38)21(22)16-3-5-18(6-4-16)35-25(39)36-20-13-17(7-8-32-20)27(28,29)30/h3-8,13,15,21,23,40H,9-12,14H2,1-2H3,(H2,31,33,34)(H2,32,35,36,39). The van der Waals surface area contributed by atoms with E-state index in [4.69, 9.17) is 10.5 Å². The van der Waals surface area contributed by atoms with Crippen molar-refractivity contribution in [1.82, 2.24) is 14.9 Å². The van der Waals surface area contributed by atoms with Crippen LogP contribution in [0.5, 0.6) is 0 Å². The van der Waals surface area contributed by atoms with Crippen molar-refractivity contribution in [2.45, 2.75) is 37.6 Å². The molecule has 2 amide bonds. The first-order chi connectivity index (χ1) is 19.4. The van der Waals surface area contributed by atoms with Gasteiger partial charge in [0.2, 0.25) is 0 Å². The van der Waals surface area contributed by atoms with Crippen molar-refractivity contribution in [1.29, 1.82) is 0 Å². The van der Waals surface area contributed by atoms with Gasteiger partial charge in [-0.05, 0) is 49.2 Å². The fourth-order valence-electron chi connectivity index (χ4n) is 5.37. The van der Waals surface area contributed by atoms with Crippen LogP contribution in [0.3, 0.4) is 0 Å². The molecule has 2 aromatic rings. The first-order valence-electron chi connectivity index (χ1n) is 13.0. The Bertz CT molecular complexity index is 1380. The van der Waals surface area contributed by atoms with Gasteiger partial charge in [-0.1, -0.05) is 12.1 Å². The molecule has 0 spiro atoms. The van der Waals surface area contributed by atoms with Gasteiger partial charge >= 0.3 is 12.2 Å². The smallest absolute Gasteiger partial charge is 0.386 e. The van der Waals surface area contributed by atoms with Gasteiger partial charge in [-0.3, -0.25) is 15.2 Å². The molecule has 11 nitrogen and oxygen atoms in total. The van der Waals surface area contributed by atoms with Crippen molar-refractivity contribution in [3.05, 3.63) is 65.0 Å². The number of nitrogens with two attached hydrogens (primary N) is 1. The number of aliphatic imine (C=N–C) groups is 1. The lowest BCUT2D eigenvalue weighted by atomic mass is 9.79. The van der Waals surface area contributed by atoms with E-state index in [1.807, 2.05) is 5.01 Å². The Morgan fingerprint density at radius 3 is 2.51 bits per heavy atom. The monoisotopic (exact) mass is 572 g/mol. The van der Waals surface area contributed by atoms with Gasteiger partial charge in [0, 0.05) is 37.4 Å². The first kappa shape index (κ1) is 28.5. The Hall–Kier alpha value is -4.01. The van der Waals surface area contributed by atoms with Crippen LogP contribution < -0.4 is 16.4 Å². The highest BCUT2D eigenvalue weighted by molar-refractivity contribution is 5.99. The molecular formula is C27H31F3N8O3. The quantitative estimate of drug-likeness (QED) is 0.417. The van der Waals surface area contributed by atoms with Gasteiger partial charge in [0.25, 0.3) is 0 Å². The molecule has 1 aromatic carbocycles. The maximum Gasteiger partial charge on any atom is 0.416 e. The van der Waals surface area contributed by atoms with Crippen molar-refractivity contribution in [2.24, 2.45) is 15.8 Å². The normalized spacial score (nSPS) is 21.5. The van der Waals surface area contributed by atoms with E-state index in [1.54, 1.807) is 38.1 Å². The second-order valence-corrected chi connectivity index (χ2v) is 10.5. The van der Waals surface area contributed by atoms with Crippen molar-refractivity contribution in [2.75, 3.05) is 43.5 Å². The lowest BCUT2D eigenvalue weighted by Crippen LogP contribution is -2.46. The number of alkyl halides is 3. The Labute approximate surface area is 234 Å². The number of nitrogens with zero attached hydrogens (tertiary/aromatic N) is 5. The zero-order valence-electron chi connectivity index (χ0n) is 22.5. The number of rotatable bonds is 6. The number of carbonyl (C=O) groups excluding carboxylic acids is 1.